The highest BCUT2D eigenvalue weighted by molar-refractivity contribution is 6.29. The molecule has 3 nitrogen and oxygen atoms in total. The summed E-state index contributed by atoms with van der Waals surface area (Å²) in [6, 6.07) is 1.99. The molecule has 76 valence electrons. The van der Waals surface area contributed by atoms with Crippen LogP contribution in [0, 0.1) is 0 Å². The van der Waals surface area contributed by atoms with Gasteiger partial charge >= 0.3 is 5.97 Å². The summed E-state index contributed by atoms with van der Waals surface area (Å²) in [7, 11) is 0. The number of pyridine rings is 1. The van der Waals surface area contributed by atoms with Gasteiger partial charge in [-0.3, -0.25) is 4.79 Å². The Bertz CT molecular complexity index is 357. The number of alkyl halides is 2. The molecule has 0 spiro atoms. The van der Waals surface area contributed by atoms with Crippen LogP contribution in [0.4, 0.5) is 8.78 Å². The van der Waals surface area contributed by atoms with Crippen molar-refractivity contribution in [2.24, 2.45) is 0 Å². The highest BCUT2D eigenvalue weighted by Gasteiger charge is 2.34. The molecule has 0 saturated heterocycles. The van der Waals surface area contributed by atoms with Crippen molar-refractivity contribution in [2.45, 2.75) is 12.3 Å². The summed E-state index contributed by atoms with van der Waals surface area (Å²) in [5.74, 6) is -4.98. The van der Waals surface area contributed by atoms with E-state index in [9.17, 15) is 13.6 Å². The van der Waals surface area contributed by atoms with Crippen LogP contribution >= 0.6 is 11.6 Å². The lowest BCUT2D eigenvalue weighted by Gasteiger charge is -2.13. The van der Waals surface area contributed by atoms with Gasteiger partial charge < -0.3 is 5.11 Å². The fourth-order valence-corrected chi connectivity index (χ4v) is 1.10. The van der Waals surface area contributed by atoms with Crippen molar-refractivity contribution < 1.29 is 18.7 Å². The first kappa shape index (κ1) is 10.8. The Balaban J connectivity index is 2.97. The first-order valence-corrected chi connectivity index (χ1v) is 4.01. The fourth-order valence-electron chi connectivity index (χ4n) is 0.922. The van der Waals surface area contributed by atoms with Gasteiger partial charge in [0, 0.05) is 11.8 Å². The minimum atomic E-state index is -3.42. The Morgan fingerprint density at radius 2 is 2.29 bits per heavy atom. The molecule has 1 heterocycles. The Hall–Kier alpha value is -1.23. The van der Waals surface area contributed by atoms with E-state index in [1.165, 1.54) is 0 Å². The summed E-state index contributed by atoms with van der Waals surface area (Å²) in [4.78, 5) is 13.7. The maximum atomic E-state index is 13.1. The molecule has 0 fully saturated rings. The average molecular weight is 222 g/mol. The fraction of sp³-hybridized carbons (Fsp3) is 0.250. The average Bonchev–Trinajstić information content (AvgIpc) is 2.01. The van der Waals surface area contributed by atoms with Crippen LogP contribution in [-0.4, -0.2) is 16.1 Å². The number of halogens is 3. The molecule has 0 bridgehead atoms. The highest BCUT2D eigenvalue weighted by atomic mass is 35.5. The summed E-state index contributed by atoms with van der Waals surface area (Å²) < 4.78 is 26.2. The van der Waals surface area contributed by atoms with Crippen molar-refractivity contribution in [1.29, 1.82) is 0 Å². The number of aliphatic carboxylic acids is 1. The minimum absolute atomic E-state index is 0.0902. The normalized spacial score (nSPS) is 11.4. The third-order valence-electron chi connectivity index (χ3n) is 1.52. The van der Waals surface area contributed by atoms with Gasteiger partial charge in [0.25, 0.3) is 5.92 Å². The Morgan fingerprint density at radius 3 is 2.79 bits per heavy atom. The summed E-state index contributed by atoms with van der Waals surface area (Å²) in [5, 5.41) is 8.16. The van der Waals surface area contributed by atoms with Crippen LogP contribution in [0.25, 0.3) is 0 Å². The van der Waals surface area contributed by atoms with E-state index in [1.807, 2.05) is 0 Å². The van der Waals surface area contributed by atoms with Crippen LogP contribution < -0.4 is 0 Å². The molecule has 1 N–H and O–H groups in total. The van der Waals surface area contributed by atoms with Crippen molar-refractivity contribution in [1.82, 2.24) is 4.98 Å². The molecule has 0 aliphatic rings. The first-order chi connectivity index (χ1) is 6.42. The van der Waals surface area contributed by atoms with E-state index in [0.29, 0.717) is 0 Å². The molecule has 0 saturated carbocycles. The molecule has 1 rings (SSSR count). The molecule has 14 heavy (non-hydrogen) atoms. The quantitative estimate of drug-likeness (QED) is 0.797. The summed E-state index contributed by atoms with van der Waals surface area (Å²) in [6.45, 7) is 0. The Kier molecular flexibility index (Phi) is 3.00. The van der Waals surface area contributed by atoms with Gasteiger partial charge in [-0.15, -0.1) is 0 Å². The molecule has 0 aliphatic heterocycles. The van der Waals surface area contributed by atoms with Crippen molar-refractivity contribution in [3.05, 3.63) is 29.0 Å². The van der Waals surface area contributed by atoms with Gasteiger partial charge in [0.1, 0.15) is 11.6 Å². The molecule has 0 aromatic carbocycles. The lowest BCUT2D eigenvalue weighted by atomic mass is 10.1. The van der Waals surface area contributed by atoms with Gasteiger partial charge in [0.2, 0.25) is 0 Å². The summed E-state index contributed by atoms with van der Waals surface area (Å²) in [5.41, 5.74) is -0.445. The van der Waals surface area contributed by atoms with E-state index in [0.717, 1.165) is 18.3 Å². The van der Waals surface area contributed by atoms with Gasteiger partial charge in [0.15, 0.2) is 0 Å². The van der Waals surface area contributed by atoms with E-state index in [-0.39, 0.29) is 5.15 Å². The monoisotopic (exact) mass is 221 g/mol. The van der Waals surface area contributed by atoms with Gasteiger partial charge in [-0.1, -0.05) is 11.6 Å². The van der Waals surface area contributed by atoms with E-state index in [1.54, 1.807) is 0 Å². The molecule has 0 amide bonds. The topological polar surface area (TPSA) is 50.2 Å². The number of hydrogen-bond acceptors (Lipinski definition) is 2. The zero-order chi connectivity index (χ0) is 10.8. The van der Waals surface area contributed by atoms with Gasteiger partial charge in [-0.2, -0.15) is 0 Å². The second-order valence-corrected chi connectivity index (χ2v) is 3.03. The second kappa shape index (κ2) is 3.88. The number of carbonyl (C=O) groups is 1. The van der Waals surface area contributed by atoms with Crippen molar-refractivity contribution in [2.75, 3.05) is 0 Å². The number of rotatable bonds is 3. The molecule has 1 aromatic rings. The van der Waals surface area contributed by atoms with E-state index >= 15 is 0 Å². The molecule has 0 unspecified atom stereocenters. The maximum absolute atomic E-state index is 13.1. The summed E-state index contributed by atoms with van der Waals surface area (Å²) >= 11 is 5.40. The SMILES string of the molecule is O=C(O)CC(F)(F)c1ccnc(Cl)c1. The van der Waals surface area contributed by atoms with Crippen LogP contribution in [0.5, 0.6) is 0 Å². The zero-order valence-corrected chi connectivity index (χ0v) is 7.63. The van der Waals surface area contributed by atoms with Gasteiger partial charge in [-0.05, 0) is 12.1 Å². The van der Waals surface area contributed by atoms with Crippen LogP contribution in [0.3, 0.4) is 0 Å². The molecular formula is C8H6ClF2NO2. The molecule has 0 radical (unpaired) electrons. The highest BCUT2D eigenvalue weighted by Crippen LogP contribution is 2.32. The molecule has 0 atom stereocenters. The van der Waals surface area contributed by atoms with E-state index < -0.39 is 23.9 Å². The van der Waals surface area contributed by atoms with E-state index in [4.69, 9.17) is 16.7 Å². The Morgan fingerprint density at radius 1 is 1.64 bits per heavy atom. The number of hydrogen-bond donors (Lipinski definition) is 1. The predicted octanol–water partition coefficient (Wildman–Crippen LogP) is 2.30. The number of carboxylic acids is 1. The summed E-state index contributed by atoms with van der Waals surface area (Å²) in [6.07, 6.45) is -0.152. The van der Waals surface area contributed by atoms with Crippen molar-refractivity contribution >= 4 is 17.6 Å². The smallest absolute Gasteiger partial charge is 0.309 e. The van der Waals surface area contributed by atoms with Crippen LogP contribution in [0.1, 0.15) is 12.0 Å². The number of aromatic nitrogens is 1. The second-order valence-electron chi connectivity index (χ2n) is 2.64. The van der Waals surface area contributed by atoms with Crippen molar-refractivity contribution in [3.8, 4) is 0 Å². The third-order valence-corrected chi connectivity index (χ3v) is 1.73. The van der Waals surface area contributed by atoms with E-state index in [2.05, 4.69) is 4.98 Å². The number of carboxylic acid groups (broad SMARTS) is 1. The minimum Gasteiger partial charge on any atom is -0.481 e. The maximum Gasteiger partial charge on any atom is 0.309 e. The lowest BCUT2D eigenvalue weighted by molar-refractivity contribution is -0.145. The first-order valence-electron chi connectivity index (χ1n) is 3.63. The van der Waals surface area contributed by atoms with Gasteiger partial charge in [-0.25, -0.2) is 13.8 Å². The Labute approximate surface area is 83.3 Å². The number of nitrogens with zero attached hydrogens (tertiary/aromatic N) is 1. The molecule has 0 aliphatic carbocycles. The van der Waals surface area contributed by atoms with Crippen LogP contribution in [0.2, 0.25) is 5.15 Å². The third kappa shape index (κ3) is 2.63. The van der Waals surface area contributed by atoms with Crippen LogP contribution in [-0.2, 0) is 10.7 Å². The standard InChI is InChI=1S/C8H6ClF2NO2/c9-6-3-5(1-2-12-6)8(10,11)4-7(13)14/h1-3H,4H2,(H,13,14). The molecule has 1 aromatic heterocycles. The molecular weight excluding hydrogens is 216 g/mol. The van der Waals surface area contributed by atoms with Crippen LogP contribution in [0.15, 0.2) is 18.3 Å². The van der Waals surface area contributed by atoms with Gasteiger partial charge in [0.05, 0.1) is 0 Å². The zero-order valence-electron chi connectivity index (χ0n) is 6.88. The molecule has 6 heteroatoms. The largest absolute Gasteiger partial charge is 0.481 e. The lowest BCUT2D eigenvalue weighted by Crippen LogP contribution is -2.18. The van der Waals surface area contributed by atoms with Crippen molar-refractivity contribution in [3.63, 3.8) is 0 Å². The predicted molar refractivity (Wildman–Crippen MR) is 45.4 cm³/mol.